The van der Waals surface area contributed by atoms with E-state index in [1.54, 1.807) is 12.1 Å². The van der Waals surface area contributed by atoms with E-state index in [1.807, 2.05) is 0 Å². The minimum absolute atomic E-state index is 0.105. The summed E-state index contributed by atoms with van der Waals surface area (Å²) < 4.78 is 0. The number of Topliss-reactive ketones (excluding diaryl/α,β-unsaturated/α-hetero) is 1. The van der Waals surface area contributed by atoms with Crippen molar-refractivity contribution >= 4 is 39.0 Å². The van der Waals surface area contributed by atoms with Crippen molar-refractivity contribution in [1.29, 1.82) is 0 Å². The van der Waals surface area contributed by atoms with Gasteiger partial charge in [0, 0.05) is 23.2 Å². The summed E-state index contributed by atoms with van der Waals surface area (Å²) in [5.41, 5.74) is 0.488. The molecule has 16 heavy (non-hydrogen) atoms. The van der Waals surface area contributed by atoms with Crippen LogP contribution in [-0.2, 0) is 5.33 Å². The van der Waals surface area contributed by atoms with Gasteiger partial charge in [0.15, 0.2) is 5.78 Å². The van der Waals surface area contributed by atoms with Gasteiger partial charge in [-0.05, 0) is 6.07 Å². The maximum absolute atomic E-state index is 11.6. The average Bonchev–Trinajstić information content (AvgIpc) is 2.28. The van der Waals surface area contributed by atoms with Crippen molar-refractivity contribution < 1.29 is 9.72 Å². The number of carbonyl (C=O) groups is 1. The Morgan fingerprint density at radius 2 is 2.19 bits per heavy atom. The van der Waals surface area contributed by atoms with E-state index in [0.29, 0.717) is 10.9 Å². The Kier molecular flexibility index (Phi) is 4.89. The molecule has 0 saturated carbocycles. The van der Waals surface area contributed by atoms with E-state index in [0.717, 1.165) is 0 Å². The number of alkyl halides is 2. The number of benzene rings is 1. The molecule has 0 saturated heterocycles. The highest BCUT2D eigenvalue weighted by atomic mass is 79.9. The van der Waals surface area contributed by atoms with Crippen LogP contribution in [0.2, 0.25) is 0 Å². The number of carbonyl (C=O) groups excluding carboxylic acids is 1. The van der Waals surface area contributed by atoms with Crippen LogP contribution in [0, 0.1) is 10.1 Å². The molecular weight excluding hydrogens is 297 g/mol. The second kappa shape index (κ2) is 5.96. The molecule has 0 spiro atoms. The summed E-state index contributed by atoms with van der Waals surface area (Å²) in [5, 5.41) is 11.2. The molecule has 0 atom stereocenters. The van der Waals surface area contributed by atoms with E-state index in [9.17, 15) is 14.9 Å². The minimum atomic E-state index is -0.530. The third kappa shape index (κ3) is 2.80. The number of halogens is 2. The first-order chi connectivity index (χ1) is 7.61. The highest BCUT2D eigenvalue weighted by Gasteiger charge is 2.22. The highest BCUT2D eigenvalue weighted by Crippen LogP contribution is 2.26. The highest BCUT2D eigenvalue weighted by molar-refractivity contribution is 9.08. The van der Waals surface area contributed by atoms with E-state index in [2.05, 4.69) is 15.9 Å². The summed E-state index contributed by atoms with van der Waals surface area (Å²) in [6.45, 7) is 0. The summed E-state index contributed by atoms with van der Waals surface area (Å²) in [7, 11) is 0. The lowest BCUT2D eigenvalue weighted by Gasteiger charge is -2.04. The van der Waals surface area contributed by atoms with Crippen LogP contribution >= 0.6 is 27.5 Å². The molecule has 0 radical (unpaired) electrons. The van der Waals surface area contributed by atoms with E-state index < -0.39 is 4.92 Å². The number of ketones is 1. The molecule has 1 aromatic carbocycles. The van der Waals surface area contributed by atoms with Crippen LogP contribution < -0.4 is 0 Å². The Bertz CT molecular complexity index is 423. The van der Waals surface area contributed by atoms with Crippen molar-refractivity contribution in [3.63, 3.8) is 0 Å². The van der Waals surface area contributed by atoms with Gasteiger partial charge in [-0.1, -0.05) is 28.1 Å². The van der Waals surface area contributed by atoms with Crippen molar-refractivity contribution in [2.24, 2.45) is 0 Å². The van der Waals surface area contributed by atoms with Crippen LogP contribution in [0.4, 0.5) is 5.69 Å². The zero-order valence-electron chi connectivity index (χ0n) is 8.28. The molecule has 0 fully saturated rings. The van der Waals surface area contributed by atoms with Gasteiger partial charge >= 0.3 is 0 Å². The van der Waals surface area contributed by atoms with Gasteiger partial charge in [-0.2, -0.15) is 0 Å². The van der Waals surface area contributed by atoms with Gasteiger partial charge in [-0.25, -0.2) is 0 Å². The Balaban J connectivity index is 3.27. The van der Waals surface area contributed by atoms with Gasteiger partial charge in [0.05, 0.1) is 10.5 Å². The number of nitro benzene ring substituents is 1. The van der Waals surface area contributed by atoms with Crippen molar-refractivity contribution in [2.75, 3.05) is 5.88 Å². The van der Waals surface area contributed by atoms with Gasteiger partial charge in [0.1, 0.15) is 0 Å². The molecule has 0 aromatic heterocycles. The first kappa shape index (κ1) is 13.1. The molecule has 0 N–H and O–H groups in total. The molecular formula is C10H9BrClNO3. The number of para-hydroxylation sites is 1. The molecule has 0 bridgehead atoms. The van der Waals surface area contributed by atoms with Gasteiger partial charge in [-0.15, -0.1) is 11.6 Å². The summed E-state index contributed by atoms with van der Waals surface area (Å²) >= 11 is 8.61. The van der Waals surface area contributed by atoms with Crippen LogP contribution in [0.1, 0.15) is 22.3 Å². The predicted octanol–water partition coefficient (Wildman–Crippen LogP) is 3.30. The van der Waals surface area contributed by atoms with Crippen molar-refractivity contribution in [1.82, 2.24) is 0 Å². The second-order valence-electron chi connectivity index (χ2n) is 3.07. The molecule has 4 nitrogen and oxygen atoms in total. The standard InChI is InChI=1S/C10H9BrClNO3/c11-6-7-2-1-3-8(9(14)4-5-12)10(7)13(15)16/h1-3H,4-6H2. The maximum Gasteiger partial charge on any atom is 0.284 e. The van der Waals surface area contributed by atoms with Crippen LogP contribution in [0.25, 0.3) is 0 Å². The van der Waals surface area contributed by atoms with E-state index in [-0.39, 0.29) is 29.3 Å². The zero-order valence-corrected chi connectivity index (χ0v) is 10.6. The SMILES string of the molecule is O=C(CCCl)c1cccc(CBr)c1[N+](=O)[O-]. The van der Waals surface area contributed by atoms with Crippen LogP contribution in [0.3, 0.4) is 0 Å². The van der Waals surface area contributed by atoms with Crippen molar-refractivity contribution in [3.05, 3.63) is 39.4 Å². The van der Waals surface area contributed by atoms with Crippen LogP contribution in [-0.4, -0.2) is 16.6 Å². The normalized spacial score (nSPS) is 10.1. The molecule has 1 rings (SSSR count). The molecule has 0 unspecified atom stereocenters. The number of hydrogen-bond donors (Lipinski definition) is 0. The fraction of sp³-hybridized carbons (Fsp3) is 0.300. The summed E-state index contributed by atoms with van der Waals surface area (Å²) in [4.78, 5) is 22.0. The van der Waals surface area contributed by atoms with Crippen LogP contribution in [0.15, 0.2) is 18.2 Å². The predicted molar refractivity (Wildman–Crippen MR) is 65.4 cm³/mol. The molecule has 86 valence electrons. The molecule has 0 amide bonds. The Morgan fingerprint density at radius 3 is 2.69 bits per heavy atom. The van der Waals surface area contributed by atoms with E-state index >= 15 is 0 Å². The van der Waals surface area contributed by atoms with Gasteiger partial charge in [0.25, 0.3) is 5.69 Å². The van der Waals surface area contributed by atoms with Crippen molar-refractivity contribution in [2.45, 2.75) is 11.8 Å². The lowest BCUT2D eigenvalue weighted by Crippen LogP contribution is -2.06. The fourth-order valence-electron chi connectivity index (χ4n) is 1.36. The van der Waals surface area contributed by atoms with E-state index in [1.165, 1.54) is 6.07 Å². The second-order valence-corrected chi connectivity index (χ2v) is 4.00. The average molecular weight is 307 g/mol. The maximum atomic E-state index is 11.6. The quantitative estimate of drug-likeness (QED) is 0.363. The summed E-state index contributed by atoms with van der Waals surface area (Å²) in [6.07, 6.45) is 0.105. The smallest absolute Gasteiger partial charge is 0.284 e. The molecule has 6 heteroatoms. The van der Waals surface area contributed by atoms with Gasteiger partial charge < -0.3 is 0 Å². The molecule has 0 aliphatic heterocycles. The van der Waals surface area contributed by atoms with Gasteiger partial charge in [0.2, 0.25) is 0 Å². The largest absolute Gasteiger partial charge is 0.294 e. The summed E-state index contributed by atoms with van der Waals surface area (Å²) in [5.74, 6) is -0.140. The first-order valence-electron chi connectivity index (χ1n) is 4.53. The lowest BCUT2D eigenvalue weighted by molar-refractivity contribution is -0.385. The zero-order chi connectivity index (χ0) is 12.1. The number of hydrogen-bond acceptors (Lipinski definition) is 3. The van der Waals surface area contributed by atoms with Crippen molar-refractivity contribution in [3.8, 4) is 0 Å². The number of rotatable bonds is 5. The fourth-order valence-corrected chi connectivity index (χ4v) is 1.98. The molecule has 0 aliphatic carbocycles. The molecule has 0 heterocycles. The van der Waals surface area contributed by atoms with E-state index in [4.69, 9.17) is 11.6 Å². The topological polar surface area (TPSA) is 60.2 Å². The minimum Gasteiger partial charge on any atom is -0.294 e. The third-order valence-corrected chi connectivity index (χ3v) is 2.86. The third-order valence-electron chi connectivity index (χ3n) is 2.07. The Labute approximate surface area is 106 Å². The number of nitro groups is 1. The van der Waals surface area contributed by atoms with Crippen LogP contribution in [0.5, 0.6) is 0 Å². The Morgan fingerprint density at radius 1 is 1.50 bits per heavy atom. The molecule has 0 aliphatic rings. The number of nitrogens with zero attached hydrogens (tertiary/aromatic N) is 1. The van der Waals surface area contributed by atoms with Gasteiger partial charge in [-0.3, -0.25) is 14.9 Å². The summed E-state index contributed by atoms with van der Waals surface area (Å²) in [6, 6.07) is 4.70. The first-order valence-corrected chi connectivity index (χ1v) is 6.18. The Hall–Kier alpha value is -0.940. The molecule has 1 aromatic rings. The lowest BCUT2D eigenvalue weighted by atomic mass is 10.0. The monoisotopic (exact) mass is 305 g/mol.